The Morgan fingerprint density at radius 2 is 2.18 bits per heavy atom. The van der Waals surface area contributed by atoms with E-state index in [4.69, 9.17) is 10.5 Å². The molecule has 7 heteroatoms. The minimum Gasteiger partial charge on any atom is -0.397 e. The first-order chi connectivity index (χ1) is 10.5. The van der Waals surface area contributed by atoms with Crippen molar-refractivity contribution in [2.45, 2.75) is 38.3 Å². The number of nitrogens with two attached hydrogens (primary N) is 1. The first-order valence-corrected chi connectivity index (χ1v) is 7.28. The van der Waals surface area contributed by atoms with Gasteiger partial charge < -0.3 is 20.3 Å². The number of rotatable bonds is 3. The Labute approximate surface area is 129 Å². The SMILES string of the molecule is C=CC1=C(/C(N)=C\C)N(C)C2OC2N1C1CCC(=O)NC1=O. The van der Waals surface area contributed by atoms with Gasteiger partial charge >= 0.3 is 0 Å². The standard InChI is InChI=1S/C15H20N4O3/c1-4-8(16)12-9(5-2)19(15-14(22-15)18(12)3)10-6-7-11(20)17-13(10)21/h4-5,10,14-15H,2,6-7,16H2,1,3H3,(H,17,20,21)/b8-4+. The van der Waals surface area contributed by atoms with Crippen molar-refractivity contribution in [3.63, 3.8) is 0 Å². The van der Waals surface area contributed by atoms with Crippen LogP contribution in [0.5, 0.6) is 0 Å². The third kappa shape index (κ3) is 2.09. The highest BCUT2D eigenvalue weighted by Crippen LogP contribution is 2.43. The number of epoxide rings is 1. The van der Waals surface area contributed by atoms with Gasteiger partial charge in [0.2, 0.25) is 11.8 Å². The Balaban J connectivity index is 2.02. The molecule has 3 rings (SSSR count). The Kier molecular flexibility index (Phi) is 3.44. The molecule has 2 saturated heterocycles. The fraction of sp³-hybridized carbons (Fsp3) is 0.467. The second kappa shape index (κ2) is 5.17. The van der Waals surface area contributed by atoms with Crippen LogP contribution in [0.4, 0.5) is 0 Å². The van der Waals surface area contributed by atoms with Gasteiger partial charge in [-0.3, -0.25) is 14.9 Å². The lowest BCUT2D eigenvalue weighted by Gasteiger charge is -2.40. The van der Waals surface area contributed by atoms with Crippen LogP contribution in [0.15, 0.2) is 35.8 Å². The summed E-state index contributed by atoms with van der Waals surface area (Å²) in [4.78, 5) is 27.4. The largest absolute Gasteiger partial charge is 0.397 e. The number of carbonyl (C=O) groups excluding carboxylic acids is 2. The summed E-state index contributed by atoms with van der Waals surface area (Å²) in [5.41, 5.74) is 8.26. The monoisotopic (exact) mass is 304 g/mol. The van der Waals surface area contributed by atoms with Gasteiger partial charge in [-0.15, -0.1) is 0 Å². The molecule has 0 bridgehead atoms. The molecule has 2 amide bonds. The summed E-state index contributed by atoms with van der Waals surface area (Å²) in [6.07, 6.45) is 3.92. The maximum absolute atomic E-state index is 12.2. The second-order valence-electron chi connectivity index (χ2n) is 5.58. The fourth-order valence-electron chi connectivity index (χ4n) is 3.13. The van der Waals surface area contributed by atoms with E-state index >= 15 is 0 Å². The number of nitrogens with one attached hydrogen (secondary N) is 1. The number of ether oxygens (including phenoxy) is 1. The highest BCUT2D eigenvalue weighted by Gasteiger charge is 2.55. The van der Waals surface area contributed by atoms with Gasteiger partial charge in [0.1, 0.15) is 6.04 Å². The second-order valence-corrected chi connectivity index (χ2v) is 5.58. The number of imide groups is 1. The number of likely N-dealkylation sites (N-methyl/N-ethyl adjacent to an activating group) is 1. The van der Waals surface area contributed by atoms with Gasteiger partial charge in [-0.2, -0.15) is 0 Å². The molecule has 3 unspecified atom stereocenters. The topological polar surface area (TPSA) is 91.2 Å². The van der Waals surface area contributed by atoms with Crippen LogP contribution in [0.25, 0.3) is 0 Å². The van der Waals surface area contributed by atoms with Crippen molar-refractivity contribution in [1.82, 2.24) is 15.1 Å². The Bertz CT molecular complexity index is 610. The molecule has 2 fully saturated rings. The van der Waals surface area contributed by atoms with E-state index in [0.29, 0.717) is 18.5 Å². The van der Waals surface area contributed by atoms with Crippen LogP contribution >= 0.6 is 0 Å². The van der Waals surface area contributed by atoms with Crippen LogP contribution in [-0.4, -0.2) is 47.2 Å². The van der Waals surface area contributed by atoms with Crippen molar-refractivity contribution < 1.29 is 14.3 Å². The molecule has 0 aromatic rings. The summed E-state index contributed by atoms with van der Waals surface area (Å²) in [6, 6.07) is -0.450. The van der Waals surface area contributed by atoms with Gasteiger partial charge in [0, 0.05) is 13.5 Å². The van der Waals surface area contributed by atoms with E-state index in [1.54, 1.807) is 12.2 Å². The number of amides is 2. The summed E-state index contributed by atoms with van der Waals surface area (Å²) in [5.74, 6) is -0.534. The van der Waals surface area contributed by atoms with Crippen LogP contribution in [-0.2, 0) is 14.3 Å². The molecular weight excluding hydrogens is 284 g/mol. The highest BCUT2D eigenvalue weighted by atomic mass is 16.6. The molecule has 0 radical (unpaired) electrons. The maximum Gasteiger partial charge on any atom is 0.249 e. The van der Waals surface area contributed by atoms with Crippen LogP contribution in [0.1, 0.15) is 19.8 Å². The maximum atomic E-state index is 12.2. The predicted octanol–water partition coefficient (Wildman–Crippen LogP) is -0.0185. The van der Waals surface area contributed by atoms with E-state index in [1.165, 1.54) is 0 Å². The normalized spacial score (nSPS) is 31.9. The summed E-state index contributed by atoms with van der Waals surface area (Å²) in [6.45, 7) is 5.71. The first kappa shape index (κ1) is 14.6. The smallest absolute Gasteiger partial charge is 0.249 e. The van der Waals surface area contributed by atoms with Gasteiger partial charge in [-0.1, -0.05) is 12.7 Å². The fourth-order valence-corrected chi connectivity index (χ4v) is 3.13. The third-order valence-corrected chi connectivity index (χ3v) is 4.30. The van der Waals surface area contributed by atoms with Crippen molar-refractivity contribution in [2.75, 3.05) is 7.05 Å². The van der Waals surface area contributed by atoms with Crippen molar-refractivity contribution in [2.24, 2.45) is 5.73 Å². The Morgan fingerprint density at radius 1 is 1.45 bits per heavy atom. The van der Waals surface area contributed by atoms with E-state index in [9.17, 15) is 9.59 Å². The van der Waals surface area contributed by atoms with Gasteiger partial charge in [0.05, 0.1) is 17.1 Å². The molecule has 0 saturated carbocycles. The van der Waals surface area contributed by atoms with E-state index in [2.05, 4.69) is 11.9 Å². The van der Waals surface area contributed by atoms with E-state index in [1.807, 2.05) is 23.8 Å². The molecule has 0 aromatic carbocycles. The summed E-state index contributed by atoms with van der Waals surface area (Å²) >= 11 is 0. The zero-order valence-electron chi connectivity index (χ0n) is 12.7. The molecule has 3 heterocycles. The third-order valence-electron chi connectivity index (χ3n) is 4.30. The molecule has 3 N–H and O–H groups in total. The summed E-state index contributed by atoms with van der Waals surface area (Å²) in [5, 5.41) is 2.39. The van der Waals surface area contributed by atoms with Gasteiger partial charge in [0.15, 0.2) is 12.5 Å². The molecule has 3 atom stereocenters. The molecule has 3 aliphatic heterocycles. The quantitative estimate of drug-likeness (QED) is 0.562. The first-order valence-electron chi connectivity index (χ1n) is 7.28. The van der Waals surface area contributed by atoms with Crippen molar-refractivity contribution in [3.05, 3.63) is 35.8 Å². The lowest BCUT2D eigenvalue weighted by molar-refractivity contribution is -0.137. The molecular formula is C15H20N4O3. The van der Waals surface area contributed by atoms with Gasteiger partial charge in [-0.25, -0.2) is 0 Å². The average molecular weight is 304 g/mol. The van der Waals surface area contributed by atoms with Gasteiger partial charge in [-0.05, 0) is 19.4 Å². The Hall–Kier alpha value is -2.28. The van der Waals surface area contributed by atoms with E-state index in [0.717, 1.165) is 11.4 Å². The number of allylic oxidation sites excluding steroid dienone is 2. The number of nitrogens with zero attached hydrogens (tertiary/aromatic N) is 2. The van der Waals surface area contributed by atoms with E-state index < -0.39 is 6.04 Å². The lowest BCUT2D eigenvalue weighted by Crippen LogP contribution is -2.55. The minimum absolute atomic E-state index is 0.136. The van der Waals surface area contributed by atoms with Crippen LogP contribution in [0.2, 0.25) is 0 Å². The van der Waals surface area contributed by atoms with Crippen LogP contribution < -0.4 is 11.1 Å². The van der Waals surface area contributed by atoms with Gasteiger partial charge in [0.25, 0.3) is 0 Å². The van der Waals surface area contributed by atoms with Crippen molar-refractivity contribution in [3.8, 4) is 0 Å². The van der Waals surface area contributed by atoms with Crippen LogP contribution in [0, 0.1) is 0 Å². The zero-order chi connectivity index (χ0) is 16.0. The molecule has 0 aliphatic carbocycles. The van der Waals surface area contributed by atoms with E-state index in [-0.39, 0.29) is 24.3 Å². The molecule has 0 aromatic heterocycles. The summed E-state index contributed by atoms with van der Waals surface area (Å²) < 4.78 is 5.70. The molecule has 118 valence electrons. The molecule has 0 spiro atoms. The minimum atomic E-state index is -0.450. The van der Waals surface area contributed by atoms with Crippen LogP contribution in [0.3, 0.4) is 0 Å². The number of fused-ring (bicyclic) bond motifs is 1. The molecule has 3 aliphatic rings. The number of carbonyl (C=O) groups is 2. The Morgan fingerprint density at radius 3 is 2.77 bits per heavy atom. The lowest BCUT2D eigenvalue weighted by atomic mass is 10.0. The average Bonchev–Trinajstić information content (AvgIpc) is 3.28. The number of hydrogen-bond acceptors (Lipinski definition) is 6. The highest BCUT2D eigenvalue weighted by molar-refractivity contribution is 6.00. The number of piperidine rings is 1. The van der Waals surface area contributed by atoms with Crippen molar-refractivity contribution >= 4 is 11.8 Å². The molecule has 7 nitrogen and oxygen atoms in total. The predicted molar refractivity (Wildman–Crippen MR) is 79.6 cm³/mol. The molecule has 22 heavy (non-hydrogen) atoms. The summed E-state index contributed by atoms with van der Waals surface area (Å²) in [7, 11) is 1.90. The number of hydrogen-bond donors (Lipinski definition) is 2. The van der Waals surface area contributed by atoms with Crippen molar-refractivity contribution in [1.29, 1.82) is 0 Å². The zero-order valence-corrected chi connectivity index (χ0v) is 12.7.